The fraction of sp³-hybridized carbons (Fsp3) is 0.850. The molecule has 3 fully saturated rings. The zero-order valence-corrected chi connectivity index (χ0v) is 16.2. The Morgan fingerprint density at radius 1 is 1.08 bits per heavy atom. The van der Waals surface area contributed by atoms with E-state index in [1.54, 1.807) is 0 Å². The molecular weight excluding hydrogens is 330 g/mol. The number of nitrogens with one attached hydrogen (secondary N) is 1. The fourth-order valence-electron chi connectivity index (χ4n) is 4.59. The molecule has 2 aliphatic heterocycles. The van der Waals surface area contributed by atoms with Crippen molar-refractivity contribution in [1.29, 1.82) is 0 Å². The van der Waals surface area contributed by atoms with Crippen LogP contribution < -0.4 is 5.32 Å². The minimum Gasteiger partial charge on any atom is -0.352 e. The van der Waals surface area contributed by atoms with E-state index < -0.39 is 0 Å². The number of carbonyl (C=O) groups is 3. The molecule has 1 saturated carbocycles. The zero-order valence-electron chi connectivity index (χ0n) is 16.2. The summed E-state index contributed by atoms with van der Waals surface area (Å²) in [6.07, 6.45) is 7.24. The Morgan fingerprint density at radius 2 is 1.73 bits per heavy atom. The van der Waals surface area contributed by atoms with Crippen LogP contribution in [0.5, 0.6) is 0 Å². The summed E-state index contributed by atoms with van der Waals surface area (Å²) in [6, 6.07) is 0.243. The Bertz CT molecular complexity index is 524. The first-order valence-electron chi connectivity index (χ1n) is 10.3. The minimum atomic E-state index is -0.0192. The third-order valence-electron chi connectivity index (χ3n) is 6.16. The molecule has 6 nitrogen and oxygen atoms in total. The second kappa shape index (κ2) is 8.51. The van der Waals surface area contributed by atoms with Crippen molar-refractivity contribution in [3.63, 3.8) is 0 Å². The van der Waals surface area contributed by atoms with Gasteiger partial charge in [-0.2, -0.15) is 0 Å². The summed E-state index contributed by atoms with van der Waals surface area (Å²) in [6.45, 7) is 6.47. The molecular formula is C20H33N3O3. The van der Waals surface area contributed by atoms with Gasteiger partial charge in [0.25, 0.3) is 0 Å². The van der Waals surface area contributed by atoms with Crippen molar-refractivity contribution in [2.75, 3.05) is 13.1 Å². The molecule has 1 atom stereocenters. The van der Waals surface area contributed by atoms with Crippen LogP contribution in [-0.2, 0) is 14.4 Å². The van der Waals surface area contributed by atoms with Gasteiger partial charge in [-0.25, -0.2) is 0 Å². The lowest BCUT2D eigenvalue weighted by Gasteiger charge is -2.34. The zero-order chi connectivity index (χ0) is 18.7. The van der Waals surface area contributed by atoms with E-state index in [-0.39, 0.29) is 35.8 Å². The van der Waals surface area contributed by atoms with Gasteiger partial charge in [0.15, 0.2) is 0 Å². The van der Waals surface area contributed by atoms with Gasteiger partial charge in [0.05, 0.1) is 6.04 Å². The standard InChI is InChI=1S/C20H33N3O3/c1-14(2)11-13-22-12-3-4-17(22)20(26)21-15-5-7-16(8-6-15)23-18(24)9-10-19(23)25/h14-17H,3-13H2,1-2H3,(H,21,26). The second-order valence-corrected chi connectivity index (χ2v) is 8.55. The molecule has 0 bridgehead atoms. The van der Waals surface area contributed by atoms with Gasteiger partial charge in [-0.1, -0.05) is 13.8 Å². The van der Waals surface area contributed by atoms with Crippen LogP contribution >= 0.6 is 0 Å². The lowest BCUT2D eigenvalue weighted by molar-refractivity contribution is -0.142. The molecule has 0 radical (unpaired) electrons. The van der Waals surface area contributed by atoms with Crippen molar-refractivity contribution in [2.45, 2.75) is 89.8 Å². The number of nitrogens with zero attached hydrogens (tertiary/aromatic N) is 2. The maximum absolute atomic E-state index is 12.7. The summed E-state index contributed by atoms with van der Waals surface area (Å²) in [5, 5.41) is 3.24. The molecule has 0 aromatic rings. The first kappa shape index (κ1) is 19.3. The van der Waals surface area contributed by atoms with E-state index in [1.165, 1.54) is 4.90 Å². The quantitative estimate of drug-likeness (QED) is 0.734. The summed E-state index contributed by atoms with van der Waals surface area (Å²) in [5.74, 6) is 0.789. The SMILES string of the molecule is CC(C)CCN1CCCC1C(=O)NC1CCC(N2C(=O)CCC2=O)CC1. The van der Waals surface area contributed by atoms with E-state index in [0.717, 1.165) is 58.0 Å². The number of imide groups is 1. The number of likely N-dealkylation sites (tertiary alicyclic amines) is 2. The van der Waals surface area contributed by atoms with Crippen LogP contribution in [0, 0.1) is 5.92 Å². The van der Waals surface area contributed by atoms with Crippen molar-refractivity contribution in [2.24, 2.45) is 5.92 Å². The smallest absolute Gasteiger partial charge is 0.237 e. The van der Waals surface area contributed by atoms with Crippen LogP contribution in [0.15, 0.2) is 0 Å². The lowest BCUT2D eigenvalue weighted by Crippen LogP contribution is -2.50. The van der Waals surface area contributed by atoms with E-state index in [0.29, 0.717) is 18.8 Å². The Morgan fingerprint density at radius 3 is 2.35 bits per heavy atom. The molecule has 3 amide bonds. The summed E-state index contributed by atoms with van der Waals surface area (Å²) in [4.78, 5) is 40.3. The molecule has 3 rings (SSSR count). The second-order valence-electron chi connectivity index (χ2n) is 8.55. The Hall–Kier alpha value is -1.43. The van der Waals surface area contributed by atoms with Crippen LogP contribution in [0.3, 0.4) is 0 Å². The van der Waals surface area contributed by atoms with Gasteiger partial charge < -0.3 is 5.32 Å². The third-order valence-corrected chi connectivity index (χ3v) is 6.16. The van der Waals surface area contributed by atoms with Gasteiger partial charge in [-0.05, 0) is 64.0 Å². The van der Waals surface area contributed by atoms with E-state index in [2.05, 4.69) is 24.1 Å². The monoisotopic (exact) mass is 363 g/mol. The Balaban J connectivity index is 1.46. The average molecular weight is 364 g/mol. The van der Waals surface area contributed by atoms with Gasteiger partial charge in [0.1, 0.15) is 0 Å². The van der Waals surface area contributed by atoms with Crippen molar-refractivity contribution in [3.05, 3.63) is 0 Å². The summed E-state index contributed by atoms with van der Waals surface area (Å²) in [7, 11) is 0. The molecule has 0 aromatic heterocycles. The van der Waals surface area contributed by atoms with E-state index >= 15 is 0 Å². The number of hydrogen-bond acceptors (Lipinski definition) is 4. The molecule has 1 aliphatic carbocycles. The lowest BCUT2D eigenvalue weighted by atomic mass is 9.90. The number of carbonyl (C=O) groups excluding carboxylic acids is 3. The van der Waals surface area contributed by atoms with E-state index in [1.807, 2.05) is 0 Å². The first-order chi connectivity index (χ1) is 12.5. The molecule has 2 saturated heterocycles. The molecule has 6 heteroatoms. The molecule has 146 valence electrons. The van der Waals surface area contributed by atoms with Crippen LogP contribution in [0.25, 0.3) is 0 Å². The highest BCUT2D eigenvalue weighted by molar-refractivity contribution is 6.02. The Kier molecular flexibility index (Phi) is 6.33. The van der Waals surface area contributed by atoms with Gasteiger partial charge in [0.2, 0.25) is 17.7 Å². The number of amides is 3. The van der Waals surface area contributed by atoms with Crippen molar-refractivity contribution < 1.29 is 14.4 Å². The van der Waals surface area contributed by atoms with E-state index in [9.17, 15) is 14.4 Å². The summed E-state index contributed by atoms with van der Waals surface area (Å²) < 4.78 is 0. The van der Waals surface area contributed by atoms with Gasteiger partial charge in [-0.3, -0.25) is 24.2 Å². The fourth-order valence-corrected chi connectivity index (χ4v) is 4.59. The molecule has 0 spiro atoms. The minimum absolute atomic E-state index is 0.0192. The number of hydrogen-bond donors (Lipinski definition) is 1. The highest BCUT2D eigenvalue weighted by Crippen LogP contribution is 2.28. The molecule has 1 unspecified atom stereocenters. The summed E-state index contributed by atoms with van der Waals surface area (Å²) >= 11 is 0. The highest BCUT2D eigenvalue weighted by Gasteiger charge is 2.38. The molecule has 26 heavy (non-hydrogen) atoms. The summed E-state index contributed by atoms with van der Waals surface area (Å²) in [5.41, 5.74) is 0. The van der Waals surface area contributed by atoms with Crippen LogP contribution in [-0.4, -0.2) is 58.7 Å². The topological polar surface area (TPSA) is 69.7 Å². The van der Waals surface area contributed by atoms with Gasteiger partial charge in [-0.15, -0.1) is 0 Å². The van der Waals surface area contributed by atoms with Crippen molar-refractivity contribution >= 4 is 17.7 Å². The van der Waals surface area contributed by atoms with Crippen LogP contribution in [0.1, 0.15) is 71.6 Å². The van der Waals surface area contributed by atoms with Crippen LogP contribution in [0.2, 0.25) is 0 Å². The highest BCUT2D eigenvalue weighted by atomic mass is 16.2. The predicted octanol–water partition coefficient (Wildman–Crippen LogP) is 2.07. The van der Waals surface area contributed by atoms with Gasteiger partial charge >= 0.3 is 0 Å². The molecule has 3 aliphatic rings. The van der Waals surface area contributed by atoms with E-state index in [4.69, 9.17) is 0 Å². The molecule has 1 N–H and O–H groups in total. The average Bonchev–Trinajstić information content (AvgIpc) is 3.20. The van der Waals surface area contributed by atoms with Crippen molar-refractivity contribution in [3.8, 4) is 0 Å². The Labute approximate surface area is 156 Å². The molecule has 2 heterocycles. The maximum Gasteiger partial charge on any atom is 0.237 e. The molecule has 0 aromatic carbocycles. The van der Waals surface area contributed by atoms with Crippen LogP contribution in [0.4, 0.5) is 0 Å². The number of rotatable bonds is 6. The maximum atomic E-state index is 12.7. The largest absolute Gasteiger partial charge is 0.352 e. The predicted molar refractivity (Wildman–Crippen MR) is 99.3 cm³/mol. The van der Waals surface area contributed by atoms with Gasteiger partial charge in [0, 0.05) is 24.9 Å². The first-order valence-corrected chi connectivity index (χ1v) is 10.3. The van der Waals surface area contributed by atoms with Crippen molar-refractivity contribution in [1.82, 2.24) is 15.1 Å². The normalized spacial score (nSPS) is 30.4. The third kappa shape index (κ3) is 4.45.